The van der Waals surface area contributed by atoms with Crippen LogP contribution >= 0.6 is 0 Å². The number of likely N-dealkylation sites (tertiary alicyclic amines) is 1. The summed E-state index contributed by atoms with van der Waals surface area (Å²) in [5.74, 6) is -0.884. The largest absolute Gasteiger partial charge is 0.573 e. The first-order chi connectivity index (χ1) is 12.2. The molecule has 26 heavy (non-hydrogen) atoms. The molecule has 3 unspecified atom stereocenters. The monoisotopic (exact) mass is 390 g/mol. The predicted molar refractivity (Wildman–Crippen MR) is 88.1 cm³/mol. The fourth-order valence-corrected chi connectivity index (χ4v) is 4.29. The van der Waals surface area contributed by atoms with E-state index >= 15 is 0 Å². The number of carbonyl (C=O) groups is 1. The molecule has 1 aromatic rings. The molecular weight excluding hydrogens is 373 g/mol. The van der Waals surface area contributed by atoms with Gasteiger partial charge in [0, 0.05) is 6.54 Å². The molecule has 11 heteroatoms. The number of aliphatic imine (C=N–C) groups is 1. The number of primary amides is 1. The minimum atomic E-state index is -4.83. The highest BCUT2D eigenvalue weighted by Crippen LogP contribution is 2.35. The Morgan fingerprint density at radius 1 is 1.50 bits per heavy atom. The number of rotatable bonds is 4. The minimum Gasteiger partial charge on any atom is -0.406 e. The van der Waals surface area contributed by atoms with Gasteiger partial charge in [0.1, 0.15) is 16.5 Å². The van der Waals surface area contributed by atoms with Crippen LogP contribution in [0.1, 0.15) is 19.8 Å². The molecule has 1 amide bonds. The maximum Gasteiger partial charge on any atom is 0.573 e. The molecule has 2 aliphatic rings. The van der Waals surface area contributed by atoms with E-state index in [1.807, 2.05) is 4.90 Å². The molecule has 142 valence electrons. The lowest BCUT2D eigenvalue weighted by atomic mass is 10.2. The Morgan fingerprint density at radius 2 is 2.23 bits per heavy atom. The number of amidine groups is 1. The summed E-state index contributed by atoms with van der Waals surface area (Å²) in [7, 11) is -1.77. The maximum absolute atomic E-state index is 12.6. The number of carbonyl (C=O) groups excluding carboxylic acids is 1. The maximum atomic E-state index is 12.6. The molecule has 1 saturated heterocycles. The first-order valence-corrected chi connectivity index (χ1v) is 9.02. The predicted octanol–water partition coefficient (Wildman–Crippen LogP) is 1.58. The van der Waals surface area contributed by atoms with Crippen LogP contribution in [0.2, 0.25) is 0 Å². The van der Waals surface area contributed by atoms with E-state index in [9.17, 15) is 22.2 Å². The van der Waals surface area contributed by atoms with Gasteiger partial charge in [-0.25, -0.2) is 9.20 Å². The van der Waals surface area contributed by atoms with Gasteiger partial charge in [-0.1, -0.05) is 0 Å². The molecule has 3 atom stereocenters. The standard InChI is InChI=1S/C15H17F3N4O3S/c1-8(22-6-2-3-11(22)13(19)23)20-14-21-10-5-4-9(25-15(16,17)18)7-12(10)26(14)24/h4-5,7-8,11H,2-3,6H2,1H3,(H2,19,23)(H,20,21). The fraction of sp³-hybridized carbons (Fsp3) is 0.467. The van der Waals surface area contributed by atoms with Crippen LogP contribution in [-0.2, 0) is 15.6 Å². The van der Waals surface area contributed by atoms with Gasteiger partial charge in [-0.05, 0) is 38.0 Å². The lowest BCUT2D eigenvalue weighted by Crippen LogP contribution is -2.52. The van der Waals surface area contributed by atoms with Crippen molar-refractivity contribution in [2.75, 3.05) is 6.54 Å². The van der Waals surface area contributed by atoms with Crippen molar-refractivity contribution in [2.24, 2.45) is 10.7 Å². The zero-order valence-electron chi connectivity index (χ0n) is 13.7. The summed E-state index contributed by atoms with van der Waals surface area (Å²) in [4.78, 5) is 17.7. The highest BCUT2D eigenvalue weighted by Gasteiger charge is 2.35. The van der Waals surface area contributed by atoms with E-state index in [0.717, 1.165) is 18.6 Å². The summed E-state index contributed by atoms with van der Waals surface area (Å²) in [6.07, 6.45) is -3.73. The third-order valence-electron chi connectivity index (χ3n) is 4.21. The molecule has 0 bridgehead atoms. The van der Waals surface area contributed by atoms with Crippen LogP contribution in [-0.4, -0.2) is 45.3 Å². The topological polar surface area (TPSA) is 97.0 Å². The molecule has 7 nitrogen and oxygen atoms in total. The third-order valence-corrected chi connectivity index (χ3v) is 5.50. The van der Waals surface area contributed by atoms with Crippen molar-refractivity contribution in [1.29, 1.82) is 0 Å². The zero-order valence-corrected chi connectivity index (χ0v) is 14.6. The second-order valence-electron chi connectivity index (χ2n) is 5.98. The number of hydrogen-bond acceptors (Lipinski definition) is 6. The molecule has 0 radical (unpaired) electrons. The van der Waals surface area contributed by atoms with Crippen LogP contribution in [0.5, 0.6) is 5.75 Å². The zero-order chi connectivity index (χ0) is 19.1. The van der Waals surface area contributed by atoms with E-state index < -0.39 is 34.9 Å². The first-order valence-electron chi connectivity index (χ1n) is 7.87. The number of nitrogens with one attached hydrogen (secondary N) is 1. The average Bonchev–Trinajstić information content (AvgIpc) is 3.13. The van der Waals surface area contributed by atoms with Crippen LogP contribution in [0, 0.1) is 0 Å². The highest BCUT2D eigenvalue weighted by atomic mass is 32.2. The van der Waals surface area contributed by atoms with Gasteiger partial charge in [0.15, 0.2) is 5.17 Å². The Hall–Kier alpha value is -2.14. The van der Waals surface area contributed by atoms with Gasteiger partial charge >= 0.3 is 6.36 Å². The van der Waals surface area contributed by atoms with Gasteiger partial charge < -0.3 is 15.8 Å². The molecule has 0 spiro atoms. The molecular formula is C15H17F3N4O3S. The third kappa shape index (κ3) is 3.83. The number of benzene rings is 1. The van der Waals surface area contributed by atoms with Crippen LogP contribution in [0.3, 0.4) is 0 Å². The van der Waals surface area contributed by atoms with Crippen molar-refractivity contribution in [3.8, 4) is 5.75 Å². The summed E-state index contributed by atoms with van der Waals surface area (Å²) in [6, 6.07) is 3.07. The van der Waals surface area contributed by atoms with E-state index in [0.29, 0.717) is 18.7 Å². The van der Waals surface area contributed by atoms with E-state index in [-0.39, 0.29) is 16.2 Å². The Kier molecular flexibility index (Phi) is 4.93. The van der Waals surface area contributed by atoms with Crippen LogP contribution in [0.15, 0.2) is 28.1 Å². The molecule has 1 fully saturated rings. The van der Waals surface area contributed by atoms with E-state index in [1.165, 1.54) is 6.07 Å². The lowest BCUT2D eigenvalue weighted by molar-refractivity contribution is -0.274. The van der Waals surface area contributed by atoms with E-state index in [2.05, 4.69) is 15.0 Å². The molecule has 0 aliphatic carbocycles. The van der Waals surface area contributed by atoms with Gasteiger partial charge in [0.25, 0.3) is 0 Å². The van der Waals surface area contributed by atoms with Gasteiger partial charge in [0.2, 0.25) is 5.91 Å². The number of halogens is 3. The minimum absolute atomic E-state index is 0.117. The highest BCUT2D eigenvalue weighted by molar-refractivity contribution is 8.01. The first kappa shape index (κ1) is 18.6. The van der Waals surface area contributed by atoms with Crippen molar-refractivity contribution in [2.45, 2.75) is 43.2 Å². The van der Waals surface area contributed by atoms with Crippen molar-refractivity contribution in [1.82, 2.24) is 10.2 Å². The second-order valence-corrected chi connectivity index (χ2v) is 7.35. The van der Waals surface area contributed by atoms with Gasteiger partial charge in [-0.3, -0.25) is 9.69 Å². The SMILES string of the molecule is CC(NC1=Nc2ccc(OC(F)(F)F)cc2S1=O)N1CCCC1C(N)=O. The summed E-state index contributed by atoms with van der Waals surface area (Å²) < 4.78 is 53.4. The summed E-state index contributed by atoms with van der Waals surface area (Å²) in [6.45, 7) is 2.43. The van der Waals surface area contributed by atoms with Gasteiger partial charge in [0.05, 0.1) is 22.8 Å². The Morgan fingerprint density at radius 3 is 2.88 bits per heavy atom. The molecule has 0 saturated carbocycles. The van der Waals surface area contributed by atoms with Crippen LogP contribution in [0.25, 0.3) is 0 Å². The van der Waals surface area contributed by atoms with Gasteiger partial charge in [-0.2, -0.15) is 0 Å². The average molecular weight is 390 g/mol. The summed E-state index contributed by atoms with van der Waals surface area (Å²) in [5.41, 5.74) is 5.70. The Bertz CT molecular complexity index is 784. The van der Waals surface area contributed by atoms with Crippen molar-refractivity contribution in [3.63, 3.8) is 0 Å². The fourth-order valence-electron chi connectivity index (χ4n) is 3.09. The number of fused-ring (bicyclic) bond motifs is 1. The second kappa shape index (κ2) is 6.88. The number of ether oxygens (including phenoxy) is 1. The van der Waals surface area contributed by atoms with Crippen LogP contribution in [0.4, 0.5) is 18.9 Å². The number of hydrogen-bond donors (Lipinski definition) is 2. The van der Waals surface area contributed by atoms with Crippen molar-refractivity contribution < 1.29 is 26.9 Å². The number of nitrogens with two attached hydrogens (primary N) is 1. The molecule has 2 heterocycles. The lowest BCUT2D eigenvalue weighted by Gasteiger charge is -2.29. The number of nitrogens with zero attached hydrogens (tertiary/aromatic N) is 2. The smallest absolute Gasteiger partial charge is 0.406 e. The van der Waals surface area contributed by atoms with Crippen molar-refractivity contribution >= 4 is 27.6 Å². The molecule has 1 aromatic carbocycles. The Labute approximate surface area is 149 Å². The normalized spacial score (nSPS) is 24.1. The summed E-state index contributed by atoms with van der Waals surface area (Å²) >= 11 is 0. The van der Waals surface area contributed by atoms with E-state index in [4.69, 9.17) is 5.73 Å². The molecule has 3 N–H and O–H groups in total. The number of alkyl halides is 3. The number of amides is 1. The van der Waals surface area contributed by atoms with Crippen molar-refractivity contribution in [3.05, 3.63) is 18.2 Å². The van der Waals surface area contributed by atoms with E-state index in [1.54, 1.807) is 6.92 Å². The van der Waals surface area contributed by atoms with Crippen LogP contribution < -0.4 is 15.8 Å². The molecule has 3 rings (SSSR count). The molecule has 2 aliphatic heterocycles. The van der Waals surface area contributed by atoms with Gasteiger partial charge in [-0.15, -0.1) is 13.2 Å². The quantitative estimate of drug-likeness (QED) is 0.814. The molecule has 0 aromatic heterocycles. The Balaban J connectivity index is 1.72. The summed E-state index contributed by atoms with van der Waals surface area (Å²) in [5, 5.41) is 3.09.